The predicted octanol–water partition coefficient (Wildman–Crippen LogP) is 4.24. The first-order valence-corrected chi connectivity index (χ1v) is 11.7. The Balaban J connectivity index is 1.45. The number of nitrogens with one attached hydrogen (secondary N) is 2. The van der Waals surface area contributed by atoms with Crippen molar-refractivity contribution in [3.8, 4) is 5.75 Å². The molecular weight excluding hydrogens is 482 g/mol. The summed E-state index contributed by atoms with van der Waals surface area (Å²) >= 11 is 0. The average molecular weight is 507 g/mol. The first-order valence-electron chi connectivity index (χ1n) is 11.7. The Morgan fingerprint density at radius 2 is 1.92 bits per heavy atom. The van der Waals surface area contributed by atoms with Crippen molar-refractivity contribution in [1.82, 2.24) is 9.80 Å². The smallest absolute Gasteiger partial charge is 0.322 e. The van der Waals surface area contributed by atoms with E-state index in [1.165, 1.54) is 41.2 Å². The van der Waals surface area contributed by atoms with Crippen LogP contribution in [0.15, 0.2) is 66.7 Å². The van der Waals surface area contributed by atoms with E-state index in [0.29, 0.717) is 5.75 Å². The summed E-state index contributed by atoms with van der Waals surface area (Å²) in [5.74, 6) is -1.45. The number of benzene rings is 3. The van der Waals surface area contributed by atoms with Gasteiger partial charge in [0.1, 0.15) is 23.4 Å². The summed E-state index contributed by atoms with van der Waals surface area (Å²) in [6, 6.07) is 14.6. The molecule has 3 aromatic rings. The summed E-state index contributed by atoms with van der Waals surface area (Å²) in [6.45, 7) is 0.197. The standard InChI is InChI=1S/C27H24F2N4O4/c1-37-19-6-4-5-16(11-19)14-32(27(36)31-22-8-3-2-7-21(22)29)18-13-24-25(34)30-23-12-17(28)9-10-20(23)26(35)33(24)15-18/h2-12,18,24H,13-15H2,1H3,(H,30,34)(H,31,36)/t18-,24-/m0/s1. The second-order valence-corrected chi connectivity index (χ2v) is 8.93. The van der Waals surface area contributed by atoms with E-state index in [1.54, 1.807) is 24.3 Å². The minimum atomic E-state index is -0.859. The molecule has 0 saturated carbocycles. The molecule has 0 aromatic heterocycles. The highest BCUT2D eigenvalue weighted by Gasteiger charge is 2.45. The topological polar surface area (TPSA) is 91.0 Å². The lowest BCUT2D eigenvalue weighted by Crippen LogP contribution is -2.44. The number of nitrogens with zero attached hydrogens (tertiary/aromatic N) is 2. The Hall–Kier alpha value is -4.47. The lowest BCUT2D eigenvalue weighted by Gasteiger charge is -2.29. The third-order valence-electron chi connectivity index (χ3n) is 6.62. The van der Waals surface area contributed by atoms with E-state index >= 15 is 0 Å². The van der Waals surface area contributed by atoms with Gasteiger partial charge in [-0.05, 0) is 54.4 Å². The van der Waals surface area contributed by atoms with Crippen LogP contribution in [-0.2, 0) is 11.3 Å². The highest BCUT2D eigenvalue weighted by atomic mass is 19.1. The number of halogens is 2. The maximum atomic E-state index is 14.3. The monoisotopic (exact) mass is 506 g/mol. The molecule has 0 aliphatic carbocycles. The van der Waals surface area contributed by atoms with Crippen molar-refractivity contribution in [2.24, 2.45) is 0 Å². The Bertz CT molecular complexity index is 1380. The first-order chi connectivity index (χ1) is 17.8. The van der Waals surface area contributed by atoms with Gasteiger partial charge in [0.05, 0.1) is 30.1 Å². The van der Waals surface area contributed by atoms with Gasteiger partial charge in [-0.3, -0.25) is 9.59 Å². The molecular formula is C27H24F2N4O4. The van der Waals surface area contributed by atoms with Crippen molar-refractivity contribution >= 4 is 29.2 Å². The summed E-state index contributed by atoms with van der Waals surface area (Å²) in [7, 11) is 1.54. The van der Waals surface area contributed by atoms with E-state index in [0.717, 1.165) is 17.7 Å². The number of carbonyl (C=O) groups excluding carboxylic acids is 3. The van der Waals surface area contributed by atoms with Crippen LogP contribution in [0, 0.1) is 11.6 Å². The Labute approximate surface area is 211 Å². The number of urea groups is 1. The molecule has 2 heterocycles. The molecule has 3 aromatic carbocycles. The van der Waals surface area contributed by atoms with E-state index in [4.69, 9.17) is 4.74 Å². The molecule has 37 heavy (non-hydrogen) atoms. The van der Waals surface area contributed by atoms with Crippen molar-refractivity contribution in [2.75, 3.05) is 24.3 Å². The van der Waals surface area contributed by atoms with Gasteiger partial charge in [0, 0.05) is 13.1 Å². The maximum Gasteiger partial charge on any atom is 0.322 e. The molecule has 8 nitrogen and oxygen atoms in total. The van der Waals surface area contributed by atoms with Crippen molar-refractivity contribution in [2.45, 2.75) is 25.0 Å². The fourth-order valence-electron chi connectivity index (χ4n) is 4.77. The van der Waals surface area contributed by atoms with Crippen molar-refractivity contribution in [3.05, 3.63) is 89.5 Å². The number of ether oxygens (including phenoxy) is 1. The Kier molecular flexibility index (Phi) is 6.47. The van der Waals surface area contributed by atoms with Crippen molar-refractivity contribution in [1.29, 1.82) is 0 Å². The first kappa shape index (κ1) is 24.2. The number of hydrogen-bond acceptors (Lipinski definition) is 4. The van der Waals surface area contributed by atoms with E-state index in [1.807, 2.05) is 6.07 Å². The fourth-order valence-corrected chi connectivity index (χ4v) is 4.77. The average Bonchev–Trinajstić information content (AvgIpc) is 3.30. The predicted molar refractivity (Wildman–Crippen MR) is 132 cm³/mol. The molecule has 0 spiro atoms. The van der Waals surface area contributed by atoms with Crippen LogP contribution in [0.25, 0.3) is 0 Å². The molecule has 2 atom stereocenters. The van der Waals surface area contributed by atoms with Crippen molar-refractivity contribution < 1.29 is 27.9 Å². The molecule has 4 amide bonds. The third-order valence-corrected chi connectivity index (χ3v) is 6.62. The summed E-state index contributed by atoms with van der Waals surface area (Å²) in [4.78, 5) is 42.7. The number of fused-ring (bicyclic) bond motifs is 2. The number of methoxy groups -OCH3 is 1. The van der Waals surface area contributed by atoms with E-state index in [-0.39, 0.29) is 36.4 Å². The Morgan fingerprint density at radius 3 is 2.70 bits per heavy atom. The molecule has 10 heteroatoms. The lowest BCUT2D eigenvalue weighted by molar-refractivity contribution is -0.119. The van der Waals surface area contributed by atoms with Crippen LogP contribution in [0.5, 0.6) is 5.75 Å². The van der Waals surface area contributed by atoms with Crippen molar-refractivity contribution in [3.63, 3.8) is 0 Å². The van der Waals surface area contributed by atoms with Gasteiger partial charge in [-0.15, -0.1) is 0 Å². The highest BCUT2D eigenvalue weighted by Crippen LogP contribution is 2.32. The zero-order chi connectivity index (χ0) is 26.1. The molecule has 5 rings (SSSR count). The van der Waals surface area contributed by atoms with E-state index < -0.39 is 41.6 Å². The third kappa shape index (κ3) is 4.82. The molecule has 2 aliphatic rings. The maximum absolute atomic E-state index is 14.3. The molecule has 0 bridgehead atoms. The second kappa shape index (κ2) is 9.88. The zero-order valence-corrected chi connectivity index (χ0v) is 19.9. The van der Waals surface area contributed by atoms with Gasteiger partial charge >= 0.3 is 6.03 Å². The van der Waals surface area contributed by atoms with Gasteiger partial charge in [0.2, 0.25) is 5.91 Å². The molecule has 1 saturated heterocycles. The molecule has 0 unspecified atom stereocenters. The number of anilines is 2. The zero-order valence-electron chi connectivity index (χ0n) is 19.9. The molecule has 2 N–H and O–H groups in total. The minimum absolute atomic E-state index is 0.0143. The number of rotatable bonds is 5. The fraction of sp³-hybridized carbons (Fsp3) is 0.222. The number of para-hydroxylation sites is 1. The number of carbonyl (C=O) groups is 3. The van der Waals surface area contributed by atoms with Crippen LogP contribution in [0.4, 0.5) is 25.0 Å². The minimum Gasteiger partial charge on any atom is -0.497 e. The summed E-state index contributed by atoms with van der Waals surface area (Å²) in [5, 5.41) is 5.25. The van der Waals surface area contributed by atoms with Gasteiger partial charge in [-0.25, -0.2) is 13.6 Å². The van der Waals surface area contributed by atoms with Gasteiger partial charge in [-0.1, -0.05) is 24.3 Å². The quantitative estimate of drug-likeness (QED) is 0.542. The lowest BCUT2D eigenvalue weighted by atomic mass is 10.1. The van der Waals surface area contributed by atoms with Crippen LogP contribution in [0.2, 0.25) is 0 Å². The van der Waals surface area contributed by atoms with Crippen LogP contribution in [0.1, 0.15) is 22.3 Å². The molecule has 2 aliphatic heterocycles. The van der Waals surface area contributed by atoms with Crippen LogP contribution < -0.4 is 15.4 Å². The van der Waals surface area contributed by atoms with Crippen LogP contribution >= 0.6 is 0 Å². The highest BCUT2D eigenvalue weighted by molar-refractivity contribution is 6.10. The normalized spacial score (nSPS) is 18.4. The van der Waals surface area contributed by atoms with E-state index in [2.05, 4.69) is 10.6 Å². The second-order valence-electron chi connectivity index (χ2n) is 8.93. The van der Waals surface area contributed by atoms with Gasteiger partial charge in [0.25, 0.3) is 5.91 Å². The molecule has 190 valence electrons. The van der Waals surface area contributed by atoms with Crippen LogP contribution in [0.3, 0.4) is 0 Å². The number of amides is 4. The molecule has 1 fully saturated rings. The Morgan fingerprint density at radius 1 is 1.11 bits per heavy atom. The SMILES string of the molecule is COc1cccc(CN(C(=O)Nc2ccccc2F)[C@H]2C[C@H]3C(=O)Nc4cc(F)ccc4C(=O)N3C2)c1. The van der Waals surface area contributed by atoms with Gasteiger partial charge < -0.3 is 25.2 Å². The van der Waals surface area contributed by atoms with Crippen LogP contribution in [-0.4, -0.2) is 53.4 Å². The summed E-state index contributed by atoms with van der Waals surface area (Å²) < 4.78 is 33.3. The summed E-state index contributed by atoms with van der Waals surface area (Å²) in [6.07, 6.45) is 0.155. The largest absolute Gasteiger partial charge is 0.497 e. The molecule has 0 radical (unpaired) electrons. The van der Waals surface area contributed by atoms with Gasteiger partial charge in [-0.2, -0.15) is 0 Å². The van der Waals surface area contributed by atoms with E-state index in [9.17, 15) is 23.2 Å². The number of hydrogen-bond donors (Lipinski definition) is 2. The summed E-state index contributed by atoms with van der Waals surface area (Å²) in [5.41, 5.74) is 1.06. The van der Waals surface area contributed by atoms with Gasteiger partial charge in [0.15, 0.2) is 0 Å².